The molecule has 0 radical (unpaired) electrons. The van der Waals surface area contributed by atoms with Crippen molar-refractivity contribution in [2.75, 3.05) is 7.05 Å². The van der Waals surface area contributed by atoms with Crippen LogP contribution in [-0.2, 0) is 0 Å². The maximum Gasteiger partial charge on any atom is 0.0304 e. The zero-order chi connectivity index (χ0) is 12.6. The first-order chi connectivity index (χ1) is 7.65. The van der Waals surface area contributed by atoms with E-state index < -0.39 is 0 Å². The largest absolute Gasteiger partial charge is 0.402 e. The average Bonchev–Trinajstić information content (AvgIpc) is 2.30. The Morgan fingerprint density at radius 1 is 1.19 bits per heavy atom. The van der Waals surface area contributed by atoms with Crippen molar-refractivity contribution in [2.45, 2.75) is 27.7 Å². The second kappa shape index (κ2) is 7.69. The lowest BCUT2D eigenvalue weighted by atomic mass is 10.0. The molecule has 0 saturated carbocycles. The Labute approximate surface area is 98.9 Å². The number of aliphatic imine (C=N–C) groups is 1. The Morgan fingerprint density at radius 3 is 2.06 bits per heavy atom. The Kier molecular flexibility index (Phi) is 6.93. The van der Waals surface area contributed by atoms with E-state index in [9.17, 15) is 0 Å². The first kappa shape index (κ1) is 14.4. The number of allylic oxidation sites excluding steroid dienone is 2. The van der Waals surface area contributed by atoms with Gasteiger partial charge in [-0.3, -0.25) is 4.99 Å². The van der Waals surface area contributed by atoms with Gasteiger partial charge in [-0.2, -0.15) is 0 Å². The maximum absolute atomic E-state index is 5.78. The van der Waals surface area contributed by atoms with Crippen LogP contribution < -0.4 is 5.73 Å². The molecule has 0 unspecified atom stereocenters. The van der Waals surface area contributed by atoms with Gasteiger partial charge in [-0.1, -0.05) is 43.7 Å². The van der Waals surface area contributed by atoms with E-state index in [4.69, 9.17) is 5.73 Å². The van der Waals surface area contributed by atoms with Crippen LogP contribution in [0, 0.1) is 6.92 Å². The summed E-state index contributed by atoms with van der Waals surface area (Å²) in [6.07, 6.45) is 1.79. The van der Waals surface area contributed by atoms with Crippen LogP contribution in [0.25, 0.3) is 5.57 Å². The molecule has 1 rings (SSSR count). The van der Waals surface area contributed by atoms with E-state index in [1.165, 1.54) is 5.56 Å². The quantitative estimate of drug-likeness (QED) is 0.759. The van der Waals surface area contributed by atoms with Crippen molar-refractivity contribution < 1.29 is 0 Å². The summed E-state index contributed by atoms with van der Waals surface area (Å²) in [4.78, 5) is 3.99. The molecule has 88 valence electrons. The fourth-order valence-electron chi connectivity index (χ4n) is 1.27. The van der Waals surface area contributed by atoms with E-state index in [0.717, 1.165) is 16.8 Å². The molecular formula is C14H22N2. The minimum Gasteiger partial charge on any atom is -0.402 e. The predicted molar refractivity (Wildman–Crippen MR) is 73.7 cm³/mol. The van der Waals surface area contributed by atoms with Crippen LogP contribution in [-0.4, -0.2) is 13.3 Å². The standard InChI is InChI=1S/C12H16N2.C2H6/c1-9-4-6-11(7-5-9)12(8-14-3)10(2)13;1-2/h4-8H,13H2,1-3H3;1-2H3/b12-10+,14-8?;. The van der Waals surface area contributed by atoms with E-state index in [2.05, 4.69) is 36.2 Å². The molecule has 0 atom stereocenters. The Bertz CT molecular complexity index is 355. The van der Waals surface area contributed by atoms with E-state index in [-0.39, 0.29) is 0 Å². The number of aryl methyl sites for hydroxylation is 1. The topological polar surface area (TPSA) is 38.4 Å². The molecule has 16 heavy (non-hydrogen) atoms. The number of hydrogen-bond acceptors (Lipinski definition) is 2. The molecule has 0 heterocycles. The fraction of sp³-hybridized carbons (Fsp3) is 0.357. The van der Waals surface area contributed by atoms with Gasteiger partial charge in [0.25, 0.3) is 0 Å². The minimum atomic E-state index is 0.791. The number of hydrogen-bond donors (Lipinski definition) is 1. The van der Waals surface area contributed by atoms with Crippen molar-refractivity contribution in [3.63, 3.8) is 0 Å². The SMILES string of the molecule is CC.CN=C/C(=C(/C)N)c1ccc(C)cc1. The van der Waals surface area contributed by atoms with Crippen molar-refractivity contribution in [3.8, 4) is 0 Å². The van der Waals surface area contributed by atoms with Crippen LogP contribution in [0.3, 0.4) is 0 Å². The van der Waals surface area contributed by atoms with Crippen molar-refractivity contribution >= 4 is 11.8 Å². The first-order valence-electron chi connectivity index (χ1n) is 5.60. The van der Waals surface area contributed by atoms with Gasteiger partial charge in [0.05, 0.1) is 0 Å². The molecule has 0 aromatic heterocycles. The maximum atomic E-state index is 5.78. The van der Waals surface area contributed by atoms with Crippen LogP contribution in [0.2, 0.25) is 0 Å². The van der Waals surface area contributed by atoms with Gasteiger partial charge in [0.15, 0.2) is 0 Å². The smallest absolute Gasteiger partial charge is 0.0304 e. The van der Waals surface area contributed by atoms with Gasteiger partial charge in [-0.25, -0.2) is 0 Å². The molecule has 1 aromatic carbocycles. The van der Waals surface area contributed by atoms with Crippen molar-refractivity contribution in [1.29, 1.82) is 0 Å². The van der Waals surface area contributed by atoms with Crippen molar-refractivity contribution in [1.82, 2.24) is 0 Å². The lowest BCUT2D eigenvalue weighted by Gasteiger charge is -2.04. The molecule has 0 fully saturated rings. The number of benzene rings is 1. The normalized spacial score (nSPS) is 11.8. The highest BCUT2D eigenvalue weighted by molar-refractivity contribution is 6.10. The molecule has 2 heteroatoms. The third-order valence-electron chi connectivity index (χ3n) is 2.05. The van der Waals surface area contributed by atoms with E-state index in [1.807, 2.05) is 20.8 Å². The summed E-state index contributed by atoms with van der Waals surface area (Å²) >= 11 is 0. The summed E-state index contributed by atoms with van der Waals surface area (Å²) in [6.45, 7) is 7.95. The summed E-state index contributed by atoms with van der Waals surface area (Å²) in [6, 6.07) is 8.26. The van der Waals surface area contributed by atoms with E-state index in [0.29, 0.717) is 0 Å². The molecule has 1 aromatic rings. The average molecular weight is 218 g/mol. The second-order valence-electron chi connectivity index (χ2n) is 3.35. The molecule has 0 aliphatic carbocycles. The third kappa shape index (κ3) is 4.30. The predicted octanol–water partition coefficient (Wildman–Crippen LogP) is 3.41. The second-order valence-corrected chi connectivity index (χ2v) is 3.35. The van der Waals surface area contributed by atoms with Gasteiger partial charge in [-0.05, 0) is 19.4 Å². The summed E-state index contributed by atoms with van der Waals surface area (Å²) in [5, 5.41) is 0. The molecular weight excluding hydrogens is 196 g/mol. The summed E-state index contributed by atoms with van der Waals surface area (Å²) in [5.41, 5.74) is 9.92. The number of nitrogens with two attached hydrogens (primary N) is 1. The van der Waals surface area contributed by atoms with Gasteiger partial charge in [0.1, 0.15) is 0 Å². The van der Waals surface area contributed by atoms with Crippen LogP contribution in [0.15, 0.2) is 35.0 Å². The van der Waals surface area contributed by atoms with E-state index >= 15 is 0 Å². The van der Waals surface area contributed by atoms with Gasteiger partial charge in [-0.15, -0.1) is 0 Å². The van der Waals surface area contributed by atoms with Crippen molar-refractivity contribution in [2.24, 2.45) is 10.7 Å². The first-order valence-corrected chi connectivity index (χ1v) is 5.60. The monoisotopic (exact) mass is 218 g/mol. The highest BCUT2D eigenvalue weighted by atomic mass is 14.6. The minimum absolute atomic E-state index is 0.791. The van der Waals surface area contributed by atoms with Crippen LogP contribution in [0.1, 0.15) is 31.9 Å². The zero-order valence-electron chi connectivity index (χ0n) is 10.9. The van der Waals surface area contributed by atoms with Gasteiger partial charge < -0.3 is 5.73 Å². The Balaban J connectivity index is 0.00000106. The molecule has 0 spiro atoms. The van der Waals surface area contributed by atoms with Crippen LogP contribution >= 0.6 is 0 Å². The van der Waals surface area contributed by atoms with Gasteiger partial charge >= 0.3 is 0 Å². The molecule has 0 aliphatic heterocycles. The van der Waals surface area contributed by atoms with Gasteiger partial charge in [0, 0.05) is 24.5 Å². The third-order valence-corrected chi connectivity index (χ3v) is 2.05. The highest BCUT2D eigenvalue weighted by Gasteiger charge is 2.00. The fourth-order valence-corrected chi connectivity index (χ4v) is 1.27. The Hall–Kier alpha value is -1.57. The summed E-state index contributed by atoms with van der Waals surface area (Å²) in [7, 11) is 1.75. The number of rotatable bonds is 2. The zero-order valence-corrected chi connectivity index (χ0v) is 10.9. The van der Waals surface area contributed by atoms with Gasteiger partial charge in [0.2, 0.25) is 0 Å². The lowest BCUT2D eigenvalue weighted by molar-refractivity contribution is 1.32. The molecule has 0 bridgehead atoms. The van der Waals surface area contributed by atoms with Crippen molar-refractivity contribution in [3.05, 3.63) is 41.1 Å². The highest BCUT2D eigenvalue weighted by Crippen LogP contribution is 2.15. The summed E-state index contributed by atoms with van der Waals surface area (Å²) in [5.74, 6) is 0. The molecule has 0 amide bonds. The lowest BCUT2D eigenvalue weighted by Crippen LogP contribution is -1.99. The molecule has 0 aliphatic rings. The summed E-state index contributed by atoms with van der Waals surface area (Å²) < 4.78 is 0. The molecule has 2 N–H and O–H groups in total. The molecule has 0 saturated heterocycles. The van der Waals surface area contributed by atoms with Crippen LogP contribution in [0.5, 0.6) is 0 Å². The Morgan fingerprint density at radius 2 is 1.69 bits per heavy atom. The van der Waals surface area contributed by atoms with E-state index in [1.54, 1.807) is 13.3 Å². The molecule has 2 nitrogen and oxygen atoms in total. The van der Waals surface area contributed by atoms with Crippen LogP contribution in [0.4, 0.5) is 0 Å². The number of nitrogens with zero attached hydrogens (tertiary/aromatic N) is 1.